The van der Waals surface area contributed by atoms with Gasteiger partial charge in [0.15, 0.2) is 0 Å². The summed E-state index contributed by atoms with van der Waals surface area (Å²) in [6.07, 6.45) is 1.16. The fraction of sp³-hybridized carbons (Fsp3) is 0.273. The maximum absolute atomic E-state index is 11.6. The number of nitrogens with zero attached hydrogens (tertiary/aromatic N) is 2. The number of hydrogen-bond donors (Lipinski definition) is 1. The molecule has 0 radical (unpaired) electrons. The number of nitro groups is 1. The highest BCUT2D eigenvalue weighted by atomic mass is 16.6. The number of nitriles is 1. The van der Waals surface area contributed by atoms with E-state index in [0.717, 1.165) is 12.1 Å². The van der Waals surface area contributed by atoms with Crippen molar-refractivity contribution in [2.24, 2.45) is 0 Å². The van der Waals surface area contributed by atoms with Crippen LogP contribution in [0.3, 0.4) is 0 Å². The Morgan fingerprint density at radius 3 is 2.72 bits per heavy atom. The van der Waals surface area contributed by atoms with Gasteiger partial charge < -0.3 is 9.73 Å². The van der Waals surface area contributed by atoms with Crippen LogP contribution in [0.4, 0.5) is 5.88 Å². The minimum Gasteiger partial charge on any atom is -0.401 e. The second-order valence-electron chi connectivity index (χ2n) is 3.73. The van der Waals surface area contributed by atoms with Crippen molar-refractivity contribution < 1.29 is 14.1 Å². The van der Waals surface area contributed by atoms with Gasteiger partial charge in [-0.25, -0.2) is 0 Å². The van der Waals surface area contributed by atoms with E-state index >= 15 is 0 Å². The van der Waals surface area contributed by atoms with Gasteiger partial charge in [-0.2, -0.15) is 5.26 Å². The van der Waals surface area contributed by atoms with Crippen LogP contribution in [-0.2, 0) is 4.79 Å². The van der Waals surface area contributed by atoms with Crippen LogP contribution in [0.5, 0.6) is 0 Å². The number of hydrogen-bond acceptors (Lipinski definition) is 5. The van der Waals surface area contributed by atoms with Crippen LogP contribution in [0, 0.1) is 21.4 Å². The van der Waals surface area contributed by atoms with Crippen molar-refractivity contribution in [3.05, 3.63) is 33.6 Å². The molecule has 1 aromatic heterocycles. The molecule has 0 bridgehead atoms. The van der Waals surface area contributed by atoms with E-state index in [1.54, 1.807) is 19.9 Å². The molecule has 1 heterocycles. The number of nitrogens with one attached hydrogen (secondary N) is 1. The Labute approximate surface area is 103 Å². The molecule has 1 N–H and O–H groups in total. The summed E-state index contributed by atoms with van der Waals surface area (Å²) in [7, 11) is 0. The molecule has 0 atom stereocenters. The Bertz CT molecular complexity index is 537. The minimum absolute atomic E-state index is 0.0807. The number of furan rings is 1. The average Bonchev–Trinajstić information content (AvgIpc) is 2.73. The SMILES string of the molecule is CC(C)NC(=O)/C(C#N)=C\c1ccc([N+](=O)[O-])o1. The highest BCUT2D eigenvalue weighted by Gasteiger charge is 2.14. The van der Waals surface area contributed by atoms with Gasteiger partial charge in [0.2, 0.25) is 0 Å². The first-order valence-corrected chi connectivity index (χ1v) is 5.11. The Morgan fingerprint density at radius 1 is 1.61 bits per heavy atom. The number of carbonyl (C=O) groups is 1. The zero-order valence-corrected chi connectivity index (χ0v) is 9.84. The maximum Gasteiger partial charge on any atom is 0.433 e. The predicted octanol–water partition coefficient (Wildman–Crippen LogP) is 1.62. The molecular formula is C11H11N3O4. The van der Waals surface area contributed by atoms with Gasteiger partial charge in [0.1, 0.15) is 22.3 Å². The van der Waals surface area contributed by atoms with Gasteiger partial charge in [0, 0.05) is 12.1 Å². The Balaban J connectivity index is 2.94. The first kappa shape index (κ1) is 13.4. The lowest BCUT2D eigenvalue weighted by Crippen LogP contribution is -2.30. The van der Waals surface area contributed by atoms with Crippen molar-refractivity contribution in [2.75, 3.05) is 0 Å². The Morgan fingerprint density at radius 2 is 2.28 bits per heavy atom. The van der Waals surface area contributed by atoms with Crippen LogP contribution >= 0.6 is 0 Å². The summed E-state index contributed by atoms with van der Waals surface area (Å²) in [5, 5.41) is 21.8. The number of amides is 1. The summed E-state index contributed by atoms with van der Waals surface area (Å²) < 4.78 is 4.83. The molecule has 7 heteroatoms. The summed E-state index contributed by atoms with van der Waals surface area (Å²) in [6.45, 7) is 3.51. The number of rotatable bonds is 4. The molecule has 0 aliphatic carbocycles. The van der Waals surface area contributed by atoms with Crippen molar-refractivity contribution in [2.45, 2.75) is 19.9 Å². The van der Waals surface area contributed by atoms with Gasteiger partial charge in [-0.15, -0.1) is 0 Å². The van der Waals surface area contributed by atoms with Gasteiger partial charge in [-0.1, -0.05) is 0 Å². The van der Waals surface area contributed by atoms with Gasteiger partial charge in [-0.3, -0.25) is 14.9 Å². The van der Waals surface area contributed by atoms with Gasteiger partial charge >= 0.3 is 5.88 Å². The molecule has 1 amide bonds. The zero-order valence-electron chi connectivity index (χ0n) is 9.84. The first-order valence-electron chi connectivity index (χ1n) is 5.11. The first-order chi connectivity index (χ1) is 8.43. The van der Waals surface area contributed by atoms with Crippen molar-refractivity contribution in [3.63, 3.8) is 0 Å². The third-order valence-electron chi connectivity index (χ3n) is 1.86. The molecule has 0 unspecified atom stereocenters. The van der Waals surface area contributed by atoms with Crippen LogP contribution in [-0.4, -0.2) is 16.9 Å². The van der Waals surface area contributed by atoms with Crippen molar-refractivity contribution in [3.8, 4) is 6.07 Å². The predicted molar refractivity (Wildman–Crippen MR) is 62.2 cm³/mol. The molecule has 18 heavy (non-hydrogen) atoms. The smallest absolute Gasteiger partial charge is 0.401 e. The summed E-state index contributed by atoms with van der Waals surface area (Å²) in [5.41, 5.74) is -0.173. The van der Waals surface area contributed by atoms with E-state index in [1.165, 1.54) is 6.07 Å². The molecule has 0 aliphatic rings. The molecule has 0 aliphatic heterocycles. The van der Waals surface area contributed by atoms with Crippen LogP contribution < -0.4 is 5.32 Å². The lowest BCUT2D eigenvalue weighted by atomic mass is 10.2. The largest absolute Gasteiger partial charge is 0.433 e. The second-order valence-corrected chi connectivity index (χ2v) is 3.73. The fourth-order valence-electron chi connectivity index (χ4n) is 1.15. The zero-order chi connectivity index (χ0) is 13.7. The third-order valence-corrected chi connectivity index (χ3v) is 1.86. The molecule has 94 valence electrons. The van der Waals surface area contributed by atoms with Crippen molar-refractivity contribution in [1.29, 1.82) is 5.26 Å². The van der Waals surface area contributed by atoms with Crippen LogP contribution in [0.25, 0.3) is 6.08 Å². The topological polar surface area (TPSA) is 109 Å². The standard InChI is InChI=1S/C11H11N3O4/c1-7(2)13-11(15)8(6-12)5-9-3-4-10(18-9)14(16)17/h3-5,7H,1-2H3,(H,13,15)/b8-5-. The van der Waals surface area contributed by atoms with E-state index < -0.39 is 16.7 Å². The van der Waals surface area contributed by atoms with Crippen LogP contribution in [0.1, 0.15) is 19.6 Å². The lowest BCUT2D eigenvalue weighted by molar-refractivity contribution is -0.402. The monoisotopic (exact) mass is 249 g/mol. The molecule has 0 spiro atoms. The quantitative estimate of drug-likeness (QED) is 0.377. The van der Waals surface area contributed by atoms with Crippen molar-refractivity contribution in [1.82, 2.24) is 5.32 Å². The summed E-state index contributed by atoms with van der Waals surface area (Å²) in [4.78, 5) is 21.3. The van der Waals surface area contributed by atoms with Crippen LogP contribution in [0.15, 0.2) is 22.1 Å². The van der Waals surface area contributed by atoms with E-state index in [9.17, 15) is 14.9 Å². The Kier molecular flexibility index (Phi) is 4.21. The molecule has 0 fully saturated rings. The molecule has 7 nitrogen and oxygen atoms in total. The van der Waals surface area contributed by atoms with E-state index in [4.69, 9.17) is 9.68 Å². The summed E-state index contributed by atoms with van der Waals surface area (Å²) in [5.74, 6) is -0.911. The van der Waals surface area contributed by atoms with E-state index in [0.29, 0.717) is 0 Å². The van der Waals surface area contributed by atoms with E-state index in [2.05, 4.69) is 5.32 Å². The third kappa shape index (κ3) is 3.45. The van der Waals surface area contributed by atoms with E-state index in [-0.39, 0.29) is 17.4 Å². The molecular weight excluding hydrogens is 238 g/mol. The molecule has 0 saturated carbocycles. The second kappa shape index (κ2) is 5.63. The lowest BCUT2D eigenvalue weighted by Gasteiger charge is -2.06. The number of carbonyl (C=O) groups excluding carboxylic acids is 1. The summed E-state index contributed by atoms with van der Waals surface area (Å²) in [6, 6.07) is 4.07. The average molecular weight is 249 g/mol. The molecule has 0 saturated heterocycles. The molecule has 1 aromatic rings. The van der Waals surface area contributed by atoms with E-state index in [1.807, 2.05) is 0 Å². The molecule has 1 rings (SSSR count). The highest BCUT2D eigenvalue weighted by molar-refractivity contribution is 6.01. The highest BCUT2D eigenvalue weighted by Crippen LogP contribution is 2.18. The van der Waals surface area contributed by atoms with Gasteiger partial charge in [0.25, 0.3) is 5.91 Å². The normalized spacial score (nSPS) is 11.1. The minimum atomic E-state index is -0.697. The Hall–Kier alpha value is -2.62. The van der Waals surface area contributed by atoms with Gasteiger partial charge in [-0.05, 0) is 19.9 Å². The van der Waals surface area contributed by atoms with Crippen molar-refractivity contribution >= 4 is 17.9 Å². The molecule has 0 aromatic carbocycles. The summed E-state index contributed by atoms with van der Waals surface area (Å²) >= 11 is 0. The van der Waals surface area contributed by atoms with Crippen LogP contribution in [0.2, 0.25) is 0 Å². The van der Waals surface area contributed by atoms with Gasteiger partial charge in [0.05, 0.1) is 6.07 Å². The fourth-order valence-corrected chi connectivity index (χ4v) is 1.15. The maximum atomic E-state index is 11.6.